The molecular formula is C18H20N4O2. The lowest BCUT2D eigenvalue weighted by Crippen LogP contribution is -2.27. The van der Waals surface area contributed by atoms with Crippen molar-refractivity contribution in [3.63, 3.8) is 0 Å². The highest BCUT2D eigenvalue weighted by molar-refractivity contribution is 5.79. The summed E-state index contributed by atoms with van der Waals surface area (Å²) in [5, 5.41) is 11.7. The zero-order chi connectivity index (χ0) is 16.9. The van der Waals surface area contributed by atoms with Gasteiger partial charge in [0, 0.05) is 12.6 Å². The molecule has 124 valence electrons. The number of benzene rings is 1. The summed E-state index contributed by atoms with van der Waals surface area (Å²) >= 11 is 0. The summed E-state index contributed by atoms with van der Waals surface area (Å²) in [6.07, 6.45) is 3.64. The van der Waals surface area contributed by atoms with Crippen LogP contribution in [0, 0.1) is 0 Å². The van der Waals surface area contributed by atoms with Crippen LogP contribution in [-0.4, -0.2) is 27.0 Å². The molecule has 0 aliphatic carbocycles. The van der Waals surface area contributed by atoms with E-state index in [0.29, 0.717) is 12.2 Å². The van der Waals surface area contributed by atoms with Crippen LogP contribution in [0.15, 0.2) is 48.7 Å². The van der Waals surface area contributed by atoms with E-state index in [1.807, 2.05) is 34.9 Å². The number of fused-ring (bicyclic) bond motifs is 1. The molecule has 3 aromatic rings. The number of aromatic nitrogens is 2. The molecule has 3 N–H and O–H groups in total. The molecule has 2 heterocycles. The van der Waals surface area contributed by atoms with Gasteiger partial charge in [0.15, 0.2) is 0 Å². The van der Waals surface area contributed by atoms with Gasteiger partial charge in [-0.15, -0.1) is 0 Å². The first kappa shape index (κ1) is 16.0. The van der Waals surface area contributed by atoms with E-state index in [4.69, 9.17) is 5.21 Å². The third-order valence-electron chi connectivity index (χ3n) is 3.95. The smallest absolute Gasteiger partial charge is 0.262 e. The van der Waals surface area contributed by atoms with E-state index >= 15 is 0 Å². The maximum Gasteiger partial charge on any atom is 0.262 e. The van der Waals surface area contributed by atoms with Crippen molar-refractivity contribution in [1.29, 1.82) is 0 Å². The number of carbonyl (C=O) groups excluding carboxylic acids is 1. The van der Waals surface area contributed by atoms with Crippen LogP contribution in [0.2, 0.25) is 0 Å². The highest BCUT2D eigenvalue weighted by Crippen LogP contribution is 2.22. The number of hydroxylamine groups is 1. The number of hydrogen-bond donors (Lipinski definition) is 3. The summed E-state index contributed by atoms with van der Waals surface area (Å²) in [4.78, 5) is 15.9. The lowest BCUT2D eigenvalue weighted by atomic mass is 10.1. The highest BCUT2D eigenvalue weighted by atomic mass is 16.5. The fourth-order valence-corrected chi connectivity index (χ4v) is 2.66. The number of rotatable bonds is 6. The van der Waals surface area contributed by atoms with E-state index in [2.05, 4.69) is 35.4 Å². The van der Waals surface area contributed by atoms with Crippen molar-refractivity contribution >= 4 is 17.4 Å². The summed E-state index contributed by atoms with van der Waals surface area (Å²) < 4.78 is 2.03. The Morgan fingerprint density at radius 2 is 2.00 bits per heavy atom. The Kier molecular flexibility index (Phi) is 4.77. The monoisotopic (exact) mass is 324 g/mol. The minimum Gasteiger partial charge on any atom is -0.359 e. The van der Waals surface area contributed by atoms with E-state index in [0.717, 1.165) is 23.3 Å². The van der Waals surface area contributed by atoms with Crippen LogP contribution in [-0.2, 0) is 17.6 Å². The molecule has 0 radical (unpaired) electrons. The van der Waals surface area contributed by atoms with Gasteiger partial charge in [0.25, 0.3) is 5.91 Å². The molecule has 1 amide bonds. The minimum atomic E-state index is -0.507. The Labute approximate surface area is 140 Å². The first-order valence-electron chi connectivity index (χ1n) is 7.92. The number of carbonyl (C=O) groups is 1. The molecule has 24 heavy (non-hydrogen) atoms. The van der Waals surface area contributed by atoms with Gasteiger partial charge in [0.2, 0.25) is 0 Å². The molecule has 0 atom stereocenters. The van der Waals surface area contributed by atoms with Crippen LogP contribution < -0.4 is 10.8 Å². The molecular weight excluding hydrogens is 304 g/mol. The Bertz CT molecular complexity index is 843. The Hall–Kier alpha value is -2.86. The number of amides is 1. The average molecular weight is 324 g/mol. The van der Waals surface area contributed by atoms with Gasteiger partial charge in [-0.05, 0) is 29.7 Å². The van der Waals surface area contributed by atoms with E-state index < -0.39 is 5.91 Å². The number of anilines is 1. The van der Waals surface area contributed by atoms with Crippen LogP contribution in [0.4, 0.5) is 5.82 Å². The summed E-state index contributed by atoms with van der Waals surface area (Å²) in [5.41, 5.74) is 5.80. The zero-order valence-electron chi connectivity index (χ0n) is 13.5. The van der Waals surface area contributed by atoms with Gasteiger partial charge in [0.1, 0.15) is 11.5 Å². The van der Waals surface area contributed by atoms with Crippen LogP contribution >= 0.6 is 0 Å². The van der Waals surface area contributed by atoms with E-state index in [1.54, 1.807) is 5.48 Å². The van der Waals surface area contributed by atoms with E-state index in [9.17, 15) is 4.79 Å². The zero-order valence-corrected chi connectivity index (χ0v) is 13.5. The molecule has 0 bridgehead atoms. The lowest BCUT2D eigenvalue weighted by molar-refractivity contribution is -0.127. The van der Waals surface area contributed by atoms with Crippen molar-refractivity contribution in [2.75, 3.05) is 11.9 Å². The number of hydrogen-bond acceptors (Lipinski definition) is 4. The maximum absolute atomic E-state index is 11.3. The SMILES string of the molecule is CCc1ccn2c(Cc3ccccc3)c(NCC(=O)NO)nc2c1. The molecule has 0 aliphatic heterocycles. The van der Waals surface area contributed by atoms with E-state index in [1.165, 1.54) is 5.56 Å². The highest BCUT2D eigenvalue weighted by Gasteiger charge is 2.14. The van der Waals surface area contributed by atoms with Gasteiger partial charge in [-0.25, -0.2) is 10.5 Å². The molecule has 6 heteroatoms. The lowest BCUT2D eigenvalue weighted by Gasteiger charge is -2.07. The second-order valence-electron chi connectivity index (χ2n) is 5.57. The largest absolute Gasteiger partial charge is 0.359 e. The van der Waals surface area contributed by atoms with Gasteiger partial charge in [-0.1, -0.05) is 37.3 Å². The van der Waals surface area contributed by atoms with Crippen LogP contribution in [0.25, 0.3) is 5.65 Å². The van der Waals surface area contributed by atoms with Crippen LogP contribution in [0.3, 0.4) is 0 Å². The Morgan fingerprint density at radius 3 is 2.71 bits per heavy atom. The molecule has 0 spiro atoms. The standard InChI is InChI=1S/C18H20N4O2/c1-2-13-8-9-22-15(10-14-6-4-3-5-7-14)18(20-16(22)11-13)19-12-17(23)21-24/h3-9,11,19,24H,2,10,12H2,1H3,(H,21,23). The number of pyridine rings is 1. The molecule has 6 nitrogen and oxygen atoms in total. The predicted molar refractivity (Wildman–Crippen MR) is 92.2 cm³/mol. The molecule has 0 saturated carbocycles. The van der Waals surface area contributed by atoms with Gasteiger partial charge < -0.3 is 9.72 Å². The van der Waals surface area contributed by atoms with Crippen LogP contribution in [0.5, 0.6) is 0 Å². The first-order chi connectivity index (χ1) is 11.7. The third kappa shape index (κ3) is 3.38. The van der Waals surface area contributed by atoms with Gasteiger partial charge in [-0.2, -0.15) is 0 Å². The van der Waals surface area contributed by atoms with Gasteiger partial charge >= 0.3 is 0 Å². The quantitative estimate of drug-likeness (QED) is 0.480. The third-order valence-corrected chi connectivity index (χ3v) is 3.95. The fraction of sp³-hybridized carbons (Fsp3) is 0.222. The second kappa shape index (κ2) is 7.14. The topological polar surface area (TPSA) is 78.7 Å². The van der Waals surface area contributed by atoms with Crippen molar-refractivity contribution in [3.05, 3.63) is 65.5 Å². The second-order valence-corrected chi connectivity index (χ2v) is 5.57. The van der Waals surface area contributed by atoms with Crippen molar-refractivity contribution in [3.8, 4) is 0 Å². The summed E-state index contributed by atoms with van der Waals surface area (Å²) in [6.45, 7) is 2.06. The number of nitrogens with one attached hydrogen (secondary N) is 2. The minimum absolute atomic E-state index is 0.0389. The molecule has 2 aromatic heterocycles. The molecule has 1 aromatic carbocycles. The van der Waals surface area contributed by atoms with Crippen molar-refractivity contribution in [1.82, 2.24) is 14.9 Å². The Balaban J connectivity index is 1.99. The van der Waals surface area contributed by atoms with Crippen LogP contribution in [0.1, 0.15) is 23.7 Å². The van der Waals surface area contributed by atoms with Gasteiger partial charge in [-0.3, -0.25) is 10.0 Å². The average Bonchev–Trinajstić information content (AvgIpc) is 2.97. The van der Waals surface area contributed by atoms with Gasteiger partial charge in [0.05, 0.1) is 12.2 Å². The summed E-state index contributed by atoms with van der Waals surface area (Å²) in [7, 11) is 0. The molecule has 0 aliphatic rings. The molecule has 3 rings (SSSR count). The normalized spacial score (nSPS) is 10.8. The molecule has 0 saturated heterocycles. The number of nitrogens with zero attached hydrogens (tertiary/aromatic N) is 2. The van der Waals surface area contributed by atoms with Crippen molar-refractivity contribution < 1.29 is 10.0 Å². The first-order valence-corrected chi connectivity index (χ1v) is 7.92. The number of imidazole rings is 1. The van der Waals surface area contributed by atoms with E-state index in [-0.39, 0.29) is 6.54 Å². The predicted octanol–water partition coefficient (Wildman–Crippen LogP) is 2.40. The number of aryl methyl sites for hydroxylation is 1. The molecule has 0 fully saturated rings. The fourth-order valence-electron chi connectivity index (χ4n) is 2.66. The Morgan fingerprint density at radius 1 is 1.21 bits per heavy atom. The molecule has 0 unspecified atom stereocenters. The summed E-state index contributed by atoms with van der Waals surface area (Å²) in [5.74, 6) is 0.141. The van der Waals surface area contributed by atoms with Crippen molar-refractivity contribution in [2.45, 2.75) is 19.8 Å². The summed E-state index contributed by atoms with van der Waals surface area (Å²) in [6, 6.07) is 14.2. The van der Waals surface area contributed by atoms with Crippen molar-refractivity contribution in [2.24, 2.45) is 0 Å². The maximum atomic E-state index is 11.3.